The number of nitrogens with two attached hydrogens (primary N) is 1. The van der Waals surface area contributed by atoms with E-state index in [1.54, 1.807) is 11.2 Å². The molecule has 0 saturated heterocycles. The lowest BCUT2D eigenvalue weighted by molar-refractivity contribution is -0.138. The number of nitrogens with zero attached hydrogens (tertiary/aromatic N) is 4. The zero-order valence-corrected chi connectivity index (χ0v) is 20.1. The molecular weight excluding hydrogens is 537 g/mol. The number of nitrogens with one attached hydrogen (secondary N) is 1. The van der Waals surface area contributed by atoms with Gasteiger partial charge in [0.1, 0.15) is 17.6 Å². The second-order valence-corrected chi connectivity index (χ2v) is 8.25. The topological polar surface area (TPSA) is 120 Å². The van der Waals surface area contributed by atoms with Crippen molar-refractivity contribution in [3.8, 4) is 11.4 Å². The summed E-state index contributed by atoms with van der Waals surface area (Å²) in [5.74, 6) is -0.817. The monoisotopic (exact) mass is 558 g/mol. The SMILES string of the molecule is CCCC(F)Cn1ccc2cc(-c3ncc(C(F)F)cn3)c(F)cc2c1=O.Nc1cn[nH]c(=O)c1C(F)(F)F. The summed E-state index contributed by atoms with van der Waals surface area (Å²) in [5, 5.41) is 5.27. The molecule has 4 aromatic rings. The number of nitrogen functional groups attached to an aromatic ring is 1. The summed E-state index contributed by atoms with van der Waals surface area (Å²) >= 11 is 0. The summed E-state index contributed by atoms with van der Waals surface area (Å²) in [7, 11) is 0. The van der Waals surface area contributed by atoms with Crippen molar-refractivity contribution in [1.29, 1.82) is 0 Å². The third-order valence-corrected chi connectivity index (χ3v) is 5.39. The first-order chi connectivity index (χ1) is 18.3. The Morgan fingerprint density at radius 3 is 2.28 bits per heavy atom. The first kappa shape index (κ1) is 29.3. The third-order valence-electron chi connectivity index (χ3n) is 5.39. The van der Waals surface area contributed by atoms with Gasteiger partial charge in [0.2, 0.25) is 0 Å². The minimum atomic E-state index is -4.74. The van der Waals surface area contributed by atoms with Crippen LogP contribution in [0.2, 0.25) is 0 Å². The molecule has 3 N–H and O–H groups in total. The number of hydrogen-bond acceptors (Lipinski definition) is 6. The molecule has 0 saturated carbocycles. The summed E-state index contributed by atoms with van der Waals surface area (Å²) in [6, 6.07) is 4.00. The number of benzene rings is 1. The fraction of sp³-hybridized carbons (Fsp3) is 0.292. The molecule has 0 radical (unpaired) electrons. The van der Waals surface area contributed by atoms with Crippen molar-refractivity contribution in [2.45, 2.75) is 45.1 Å². The molecule has 3 heterocycles. The fourth-order valence-corrected chi connectivity index (χ4v) is 3.53. The Morgan fingerprint density at radius 1 is 1.08 bits per heavy atom. The van der Waals surface area contributed by atoms with Crippen molar-refractivity contribution in [2.24, 2.45) is 0 Å². The van der Waals surface area contributed by atoms with Gasteiger partial charge in [0.15, 0.2) is 5.82 Å². The summed E-state index contributed by atoms with van der Waals surface area (Å²) in [6.45, 7) is 1.76. The van der Waals surface area contributed by atoms with E-state index in [1.807, 2.05) is 6.92 Å². The molecule has 0 amide bonds. The van der Waals surface area contributed by atoms with E-state index in [-0.39, 0.29) is 28.9 Å². The highest BCUT2D eigenvalue weighted by Gasteiger charge is 2.36. The highest BCUT2D eigenvalue weighted by Crippen LogP contribution is 2.29. The highest BCUT2D eigenvalue weighted by atomic mass is 19.4. The van der Waals surface area contributed by atoms with E-state index in [1.165, 1.54) is 16.8 Å². The van der Waals surface area contributed by atoms with Gasteiger partial charge < -0.3 is 10.3 Å². The number of rotatable bonds is 6. The van der Waals surface area contributed by atoms with Crippen LogP contribution in [-0.2, 0) is 12.7 Å². The minimum absolute atomic E-state index is 0.00480. The van der Waals surface area contributed by atoms with Gasteiger partial charge >= 0.3 is 6.18 Å². The number of anilines is 1. The Kier molecular flexibility index (Phi) is 9.04. The Morgan fingerprint density at radius 2 is 1.74 bits per heavy atom. The molecule has 1 unspecified atom stereocenters. The molecule has 4 rings (SSSR count). The molecule has 0 aliphatic heterocycles. The number of halogens is 7. The molecule has 8 nitrogen and oxygen atoms in total. The van der Waals surface area contributed by atoms with Crippen LogP contribution in [0.5, 0.6) is 0 Å². The Balaban J connectivity index is 0.000000293. The van der Waals surface area contributed by atoms with Crippen LogP contribution in [0.4, 0.5) is 36.4 Å². The van der Waals surface area contributed by atoms with Gasteiger partial charge in [-0.3, -0.25) is 9.59 Å². The first-order valence-corrected chi connectivity index (χ1v) is 11.3. The molecule has 0 spiro atoms. The molecule has 0 fully saturated rings. The normalized spacial score (nSPS) is 12.3. The molecule has 1 aromatic carbocycles. The standard InChI is InChI=1S/C19H17F4N3O.C5H4F3N3O/c1-2-3-13(20)10-26-5-4-11-6-15(16(21)7-14(11)19(26)27)18-24-8-12(9-25-18)17(22)23;6-5(7,8)3-2(9)1-10-11-4(3)12/h4-9,13,17H,2-3,10H2,1H3;1H,(H3,9,11,12). The van der Waals surface area contributed by atoms with Crippen LogP contribution in [0.15, 0.2) is 52.6 Å². The number of alkyl halides is 6. The third kappa shape index (κ3) is 6.97. The fourth-order valence-electron chi connectivity index (χ4n) is 3.53. The quantitative estimate of drug-likeness (QED) is 0.320. The maximum atomic E-state index is 14.5. The molecule has 0 aliphatic rings. The zero-order chi connectivity index (χ0) is 28.9. The average molecular weight is 558 g/mol. The molecular formula is C24H21F7N6O2. The van der Waals surface area contributed by atoms with Crippen molar-refractivity contribution in [3.05, 3.63) is 80.6 Å². The van der Waals surface area contributed by atoms with Crippen LogP contribution in [0.3, 0.4) is 0 Å². The van der Waals surface area contributed by atoms with Crippen molar-refractivity contribution in [2.75, 3.05) is 5.73 Å². The van der Waals surface area contributed by atoms with Crippen LogP contribution in [0.25, 0.3) is 22.2 Å². The zero-order valence-electron chi connectivity index (χ0n) is 20.1. The van der Waals surface area contributed by atoms with Gasteiger partial charge in [0, 0.05) is 18.6 Å². The number of aromatic amines is 1. The van der Waals surface area contributed by atoms with Crippen LogP contribution in [0, 0.1) is 5.82 Å². The van der Waals surface area contributed by atoms with E-state index in [0.717, 1.165) is 24.7 Å². The number of H-pyrrole nitrogens is 1. The van der Waals surface area contributed by atoms with E-state index < -0.39 is 47.0 Å². The number of hydrogen-bond donors (Lipinski definition) is 2. The molecule has 1 atom stereocenters. The van der Waals surface area contributed by atoms with Gasteiger partial charge in [0.25, 0.3) is 17.5 Å². The number of pyridine rings is 1. The van der Waals surface area contributed by atoms with Gasteiger partial charge in [-0.2, -0.15) is 18.3 Å². The lowest BCUT2D eigenvalue weighted by atomic mass is 10.1. The second kappa shape index (κ2) is 12.0. The lowest BCUT2D eigenvalue weighted by Gasteiger charge is -2.11. The Hall–Kier alpha value is -4.30. The summed E-state index contributed by atoms with van der Waals surface area (Å²) in [5.41, 5.74) is 0.629. The van der Waals surface area contributed by atoms with Gasteiger partial charge in [-0.05, 0) is 30.0 Å². The summed E-state index contributed by atoms with van der Waals surface area (Å²) in [6.07, 6.45) is -3.55. The van der Waals surface area contributed by atoms with Crippen molar-refractivity contribution in [3.63, 3.8) is 0 Å². The van der Waals surface area contributed by atoms with Crippen LogP contribution >= 0.6 is 0 Å². The predicted octanol–water partition coefficient (Wildman–Crippen LogP) is 5.04. The Labute approximate surface area is 215 Å². The largest absolute Gasteiger partial charge is 0.423 e. The number of fused-ring (bicyclic) bond motifs is 1. The highest BCUT2D eigenvalue weighted by molar-refractivity contribution is 5.85. The van der Waals surface area contributed by atoms with Crippen LogP contribution < -0.4 is 16.9 Å². The molecule has 0 aliphatic carbocycles. The molecule has 15 heteroatoms. The van der Waals surface area contributed by atoms with Crippen molar-refractivity contribution < 1.29 is 30.7 Å². The van der Waals surface area contributed by atoms with Gasteiger partial charge in [0.05, 0.1) is 34.9 Å². The summed E-state index contributed by atoms with van der Waals surface area (Å²) in [4.78, 5) is 30.6. The number of aromatic nitrogens is 5. The average Bonchev–Trinajstić information content (AvgIpc) is 2.85. The maximum absolute atomic E-state index is 14.5. The van der Waals surface area contributed by atoms with E-state index in [4.69, 9.17) is 5.73 Å². The summed E-state index contributed by atoms with van der Waals surface area (Å²) < 4.78 is 90.7. The maximum Gasteiger partial charge on any atom is 0.423 e. The van der Waals surface area contributed by atoms with E-state index >= 15 is 0 Å². The molecule has 3 aromatic heterocycles. The van der Waals surface area contributed by atoms with Crippen LogP contribution in [0.1, 0.15) is 37.3 Å². The second-order valence-electron chi connectivity index (χ2n) is 8.25. The van der Waals surface area contributed by atoms with Crippen molar-refractivity contribution in [1.82, 2.24) is 24.7 Å². The van der Waals surface area contributed by atoms with Crippen LogP contribution in [-0.4, -0.2) is 30.9 Å². The molecule has 208 valence electrons. The van der Waals surface area contributed by atoms with Gasteiger partial charge in [-0.15, -0.1) is 0 Å². The van der Waals surface area contributed by atoms with E-state index in [0.29, 0.717) is 18.2 Å². The van der Waals surface area contributed by atoms with Gasteiger partial charge in [-0.25, -0.2) is 32.6 Å². The predicted molar refractivity (Wildman–Crippen MR) is 128 cm³/mol. The van der Waals surface area contributed by atoms with E-state index in [2.05, 4.69) is 15.1 Å². The van der Waals surface area contributed by atoms with Gasteiger partial charge in [-0.1, -0.05) is 13.3 Å². The smallest absolute Gasteiger partial charge is 0.397 e. The lowest BCUT2D eigenvalue weighted by Crippen LogP contribution is -2.24. The van der Waals surface area contributed by atoms with Crippen molar-refractivity contribution >= 4 is 16.5 Å². The molecule has 0 bridgehead atoms. The minimum Gasteiger partial charge on any atom is -0.397 e. The Bertz CT molecular complexity index is 1550. The van der Waals surface area contributed by atoms with E-state index in [9.17, 15) is 40.3 Å². The first-order valence-electron chi connectivity index (χ1n) is 11.3. The molecule has 39 heavy (non-hydrogen) atoms.